The summed E-state index contributed by atoms with van der Waals surface area (Å²) in [7, 11) is 0. The van der Waals surface area contributed by atoms with E-state index in [0.717, 1.165) is 12.1 Å². The summed E-state index contributed by atoms with van der Waals surface area (Å²) in [5.41, 5.74) is 7.16. The Balaban J connectivity index is 1.82. The van der Waals surface area contributed by atoms with E-state index >= 15 is 0 Å². The minimum Gasteiger partial charge on any atom is -0.390 e. The zero-order valence-corrected chi connectivity index (χ0v) is 18.2. The van der Waals surface area contributed by atoms with Gasteiger partial charge < -0.3 is 9.67 Å². The summed E-state index contributed by atoms with van der Waals surface area (Å²) in [6.07, 6.45) is 2.46. The number of rotatable bonds is 4. The van der Waals surface area contributed by atoms with Gasteiger partial charge in [-0.2, -0.15) is 5.10 Å². The number of hydrogen-bond donors (Lipinski definition) is 1. The van der Waals surface area contributed by atoms with Crippen LogP contribution in [-0.4, -0.2) is 30.9 Å². The Hall–Kier alpha value is -2.37. The molecule has 2 aromatic heterocycles. The van der Waals surface area contributed by atoms with Gasteiger partial charge >= 0.3 is 0 Å². The van der Waals surface area contributed by atoms with Gasteiger partial charge in [0.1, 0.15) is 0 Å². The normalized spacial score (nSPS) is 15.9. The number of hydrogen-bond acceptors (Lipinski definition) is 2. The van der Waals surface area contributed by atoms with Crippen LogP contribution in [0.3, 0.4) is 0 Å². The molecular formula is C24H24BrN3O. The Bertz CT molecular complexity index is 1190. The number of benzene rings is 2. The maximum absolute atomic E-state index is 10.5. The number of nitrogens with zero attached hydrogens (tertiary/aromatic N) is 3. The molecule has 0 bridgehead atoms. The molecule has 0 unspecified atom stereocenters. The van der Waals surface area contributed by atoms with Gasteiger partial charge in [0.15, 0.2) is 0 Å². The summed E-state index contributed by atoms with van der Waals surface area (Å²) >= 11 is 3.43. The summed E-state index contributed by atoms with van der Waals surface area (Å²) in [4.78, 5) is 0. The lowest BCUT2D eigenvalue weighted by Gasteiger charge is -2.32. The first-order valence-electron chi connectivity index (χ1n) is 9.99. The monoisotopic (exact) mass is 449 g/mol. The quantitative estimate of drug-likeness (QED) is 0.441. The van der Waals surface area contributed by atoms with Gasteiger partial charge in [0.25, 0.3) is 0 Å². The SMILES string of the molecule is CC1(C)Cc2c(cnn2-c2ccccc2)-c2c1c1ccccc1n2C[C@@H](O)CBr. The predicted octanol–water partition coefficient (Wildman–Crippen LogP) is 5.08. The van der Waals surface area contributed by atoms with E-state index in [1.54, 1.807) is 0 Å². The lowest BCUT2D eigenvalue weighted by Crippen LogP contribution is -2.28. The van der Waals surface area contributed by atoms with Crippen molar-refractivity contribution in [2.75, 3.05) is 5.33 Å². The molecule has 1 N–H and O–H groups in total. The van der Waals surface area contributed by atoms with Crippen LogP contribution in [0.1, 0.15) is 25.1 Å². The van der Waals surface area contributed by atoms with Crippen LogP contribution in [0.15, 0.2) is 60.8 Å². The van der Waals surface area contributed by atoms with Crippen molar-refractivity contribution in [3.05, 3.63) is 72.1 Å². The van der Waals surface area contributed by atoms with Crippen molar-refractivity contribution >= 4 is 26.8 Å². The standard InChI is InChI=1S/C24H24BrN3O/c1-24(2)12-21-19(14-26-28(21)16-8-4-3-5-9-16)23-22(24)18-10-6-7-11-20(18)27(23)15-17(29)13-25/h3-11,14,17,29H,12-13,15H2,1-2H3/t17-/m0/s1. The van der Waals surface area contributed by atoms with Crippen molar-refractivity contribution in [2.24, 2.45) is 0 Å². The van der Waals surface area contributed by atoms with Crippen LogP contribution in [0.2, 0.25) is 0 Å². The molecule has 1 atom stereocenters. The van der Waals surface area contributed by atoms with Crippen LogP contribution < -0.4 is 0 Å². The van der Waals surface area contributed by atoms with Gasteiger partial charge in [-0.3, -0.25) is 0 Å². The Morgan fingerprint density at radius 1 is 1.10 bits per heavy atom. The van der Waals surface area contributed by atoms with Gasteiger partial charge in [-0.25, -0.2) is 4.68 Å². The number of aliphatic hydroxyl groups excluding tert-OH is 1. The lowest BCUT2D eigenvalue weighted by molar-refractivity contribution is 0.181. The number of aliphatic hydroxyl groups is 1. The Morgan fingerprint density at radius 3 is 2.59 bits per heavy atom. The van der Waals surface area contributed by atoms with E-state index in [0.29, 0.717) is 11.9 Å². The van der Waals surface area contributed by atoms with E-state index in [1.807, 2.05) is 24.4 Å². The molecule has 5 heteroatoms. The van der Waals surface area contributed by atoms with Gasteiger partial charge in [-0.05, 0) is 35.6 Å². The number of aromatic nitrogens is 3. The van der Waals surface area contributed by atoms with Crippen LogP contribution in [-0.2, 0) is 18.4 Å². The zero-order chi connectivity index (χ0) is 20.2. The van der Waals surface area contributed by atoms with Crippen LogP contribution in [0.25, 0.3) is 27.8 Å². The summed E-state index contributed by atoms with van der Waals surface area (Å²) in [6, 6.07) is 18.9. The topological polar surface area (TPSA) is 43.0 Å². The second-order valence-electron chi connectivity index (χ2n) is 8.47. The number of fused-ring (bicyclic) bond motifs is 5. The average Bonchev–Trinajstić information content (AvgIpc) is 3.28. The molecule has 0 saturated heterocycles. The third-order valence-electron chi connectivity index (χ3n) is 5.95. The fourth-order valence-electron chi connectivity index (χ4n) is 4.76. The molecular weight excluding hydrogens is 426 g/mol. The van der Waals surface area contributed by atoms with Gasteiger partial charge in [0, 0.05) is 21.8 Å². The molecule has 1 aliphatic rings. The molecule has 0 radical (unpaired) electrons. The smallest absolute Gasteiger partial charge is 0.0815 e. The first-order chi connectivity index (χ1) is 14.0. The molecule has 148 valence electrons. The molecule has 0 saturated carbocycles. The highest BCUT2D eigenvalue weighted by molar-refractivity contribution is 9.09. The Kier molecular flexibility index (Phi) is 4.41. The highest BCUT2D eigenvalue weighted by Gasteiger charge is 2.38. The van der Waals surface area contributed by atoms with Gasteiger partial charge in [-0.15, -0.1) is 0 Å². The zero-order valence-electron chi connectivity index (χ0n) is 16.6. The van der Waals surface area contributed by atoms with Gasteiger partial charge in [0.2, 0.25) is 0 Å². The fourth-order valence-corrected chi connectivity index (χ4v) is 4.96. The highest BCUT2D eigenvalue weighted by atomic mass is 79.9. The van der Waals surface area contributed by atoms with Crippen LogP contribution in [0, 0.1) is 0 Å². The molecule has 4 aromatic rings. The minimum atomic E-state index is -0.451. The second kappa shape index (κ2) is 6.85. The summed E-state index contributed by atoms with van der Waals surface area (Å²) < 4.78 is 4.36. The van der Waals surface area contributed by atoms with Crippen LogP contribution in [0.4, 0.5) is 0 Å². The average molecular weight is 450 g/mol. The summed E-state index contributed by atoms with van der Waals surface area (Å²) in [5, 5.41) is 17.1. The molecule has 0 amide bonds. The fraction of sp³-hybridized carbons (Fsp3) is 0.292. The van der Waals surface area contributed by atoms with E-state index in [4.69, 9.17) is 5.10 Å². The molecule has 4 nitrogen and oxygen atoms in total. The first kappa shape index (κ1) is 18.6. The molecule has 1 aliphatic carbocycles. The third kappa shape index (κ3) is 2.87. The molecule has 2 aromatic carbocycles. The van der Waals surface area contributed by atoms with E-state index in [2.05, 4.69) is 75.4 Å². The van der Waals surface area contributed by atoms with E-state index in [9.17, 15) is 5.11 Å². The molecule has 0 fully saturated rings. The minimum absolute atomic E-state index is 0.0426. The largest absolute Gasteiger partial charge is 0.390 e. The molecule has 29 heavy (non-hydrogen) atoms. The summed E-state index contributed by atoms with van der Waals surface area (Å²) in [5.74, 6) is 0. The van der Waals surface area contributed by atoms with Crippen molar-refractivity contribution in [3.63, 3.8) is 0 Å². The van der Waals surface area contributed by atoms with Crippen molar-refractivity contribution in [1.82, 2.24) is 14.3 Å². The van der Waals surface area contributed by atoms with Crippen molar-refractivity contribution in [1.29, 1.82) is 0 Å². The Morgan fingerprint density at radius 2 is 1.83 bits per heavy atom. The van der Waals surface area contributed by atoms with Crippen LogP contribution in [0.5, 0.6) is 0 Å². The number of halogens is 1. The molecule has 0 aliphatic heterocycles. The van der Waals surface area contributed by atoms with Gasteiger partial charge in [-0.1, -0.05) is 66.2 Å². The molecule has 2 heterocycles. The first-order valence-corrected chi connectivity index (χ1v) is 11.1. The highest BCUT2D eigenvalue weighted by Crippen LogP contribution is 2.48. The van der Waals surface area contributed by atoms with E-state index in [1.165, 1.54) is 33.4 Å². The molecule has 0 spiro atoms. The molecule has 5 rings (SSSR count). The van der Waals surface area contributed by atoms with E-state index < -0.39 is 6.10 Å². The second-order valence-corrected chi connectivity index (χ2v) is 9.12. The number of alkyl halides is 1. The lowest BCUT2D eigenvalue weighted by atomic mass is 9.73. The van der Waals surface area contributed by atoms with Crippen molar-refractivity contribution in [3.8, 4) is 16.9 Å². The predicted molar refractivity (Wildman–Crippen MR) is 121 cm³/mol. The third-order valence-corrected chi connectivity index (χ3v) is 6.70. The van der Waals surface area contributed by atoms with Crippen molar-refractivity contribution in [2.45, 2.75) is 38.3 Å². The van der Waals surface area contributed by atoms with Crippen molar-refractivity contribution < 1.29 is 5.11 Å². The number of para-hydroxylation sites is 2. The van der Waals surface area contributed by atoms with E-state index in [-0.39, 0.29) is 5.41 Å². The summed E-state index contributed by atoms with van der Waals surface area (Å²) in [6.45, 7) is 5.18. The maximum Gasteiger partial charge on any atom is 0.0815 e. The van der Waals surface area contributed by atoms with Crippen LogP contribution >= 0.6 is 15.9 Å². The van der Waals surface area contributed by atoms with Gasteiger partial charge in [0.05, 0.1) is 35.9 Å². The maximum atomic E-state index is 10.5. The Labute approximate surface area is 178 Å².